The molecule has 0 spiro atoms. The lowest BCUT2D eigenvalue weighted by atomic mass is 10.0. The number of likely N-dealkylation sites (N-methyl/N-ethyl adjacent to an activating group) is 1. The summed E-state index contributed by atoms with van der Waals surface area (Å²) in [5, 5.41) is 4.19. The van der Waals surface area contributed by atoms with E-state index >= 15 is 0 Å². The van der Waals surface area contributed by atoms with Crippen LogP contribution in [0.2, 0.25) is 0 Å². The topological polar surface area (TPSA) is 38.1 Å². The average Bonchev–Trinajstić information content (AvgIpc) is 2.80. The Balaban J connectivity index is 2.39. The van der Waals surface area contributed by atoms with E-state index in [9.17, 15) is 9.18 Å². The molecule has 21 heavy (non-hydrogen) atoms. The van der Waals surface area contributed by atoms with E-state index in [0.717, 1.165) is 6.54 Å². The summed E-state index contributed by atoms with van der Waals surface area (Å²) in [5.74, 6) is -0.839. The van der Waals surface area contributed by atoms with Gasteiger partial charge in [0.1, 0.15) is 11.5 Å². The molecule has 112 valence electrons. The number of nitrogens with zero attached hydrogens (tertiary/aromatic N) is 3. The van der Waals surface area contributed by atoms with Crippen molar-refractivity contribution in [2.45, 2.75) is 13.5 Å². The van der Waals surface area contributed by atoms with Crippen molar-refractivity contribution in [3.63, 3.8) is 0 Å². The van der Waals surface area contributed by atoms with Crippen molar-refractivity contribution in [3.05, 3.63) is 51.5 Å². The quantitative estimate of drug-likeness (QED) is 0.775. The summed E-state index contributed by atoms with van der Waals surface area (Å²) in [6.07, 6.45) is 1.57. The minimum atomic E-state index is -0.477. The van der Waals surface area contributed by atoms with E-state index in [1.807, 2.05) is 19.0 Å². The molecule has 0 radical (unpaired) electrons. The first-order valence-corrected chi connectivity index (χ1v) is 7.37. The van der Waals surface area contributed by atoms with Crippen LogP contribution in [-0.2, 0) is 6.54 Å². The van der Waals surface area contributed by atoms with Gasteiger partial charge in [0.25, 0.3) is 0 Å². The third-order valence-corrected chi connectivity index (χ3v) is 3.79. The molecule has 0 saturated heterocycles. The molecule has 0 bridgehead atoms. The van der Waals surface area contributed by atoms with Gasteiger partial charge in [-0.05, 0) is 48.6 Å². The van der Waals surface area contributed by atoms with Gasteiger partial charge in [0.2, 0.25) is 5.78 Å². The molecule has 0 aliphatic carbocycles. The standard InChI is InChI=1S/C15H17BrFN3O/c1-10-5-4-6-11(13(10)17)15(21)14-12(16)9-18-20(14)8-7-19(2)3/h4-6,9H,7-8H2,1-3H3. The first-order chi connectivity index (χ1) is 9.91. The van der Waals surface area contributed by atoms with Crippen molar-refractivity contribution in [2.24, 2.45) is 0 Å². The Morgan fingerprint density at radius 2 is 2.14 bits per heavy atom. The van der Waals surface area contributed by atoms with E-state index in [2.05, 4.69) is 21.0 Å². The molecule has 0 atom stereocenters. The van der Waals surface area contributed by atoms with Crippen LogP contribution >= 0.6 is 15.9 Å². The van der Waals surface area contributed by atoms with Gasteiger partial charge >= 0.3 is 0 Å². The zero-order chi connectivity index (χ0) is 15.6. The lowest BCUT2D eigenvalue weighted by molar-refractivity contribution is 0.102. The van der Waals surface area contributed by atoms with Gasteiger partial charge in [0.15, 0.2) is 0 Å². The van der Waals surface area contributed by atoms with Crippen molar-refractivity contribution < 1.29 is 9.18 Å². The fourth-order valence-corrected chi connectivity index (χ4v) is 2.48. The third kappa shape index (κ3) is 3.39. The maximum absolute atomic E-state index is 14.1. The van der Waals surface area contributed by atoms with Crippen molar-refractivity contribution >= 4 is 21.7 Å². The molecule has 0 fully saturated rings. The number of ketones is 1. The minimum absolute atomic E-state index is 0.0716. The monoisotopic (exact) mass is 353 g/mol. The van der Waals surface area contributed by atoms with Crippen LogP contribution in [0.1, 0.15) is 21.6 Å². The van der Waals surface area contributed by atoms with E-state index < -0.39 is 5.82 Å². The highest BCUT2D eigenvalue weighted by molar-refractivity contribution is 9.10. The second kappa shape index (κ2) is 6.49. The van der Waals surface area contributed by atoms with Crippen LogP contribution in [0.15, 0.2) is 28.9 Å². The van der Waals surface area contributed by atoms with E-state index in [1.54, 1.807) is 29.9 Å². The van der Waals surface area contributed by atoms with E-state index in [-0.39, 0.29) is 11.3 Å². The smallest absolute Gasteiger partial charge is 0.215 e. The summed E-state index contributed by atoms with van der Waals surface area (Å²) in [6, 6.07) is 4.82. The summed E-state index contributed by atoms with van der Waals surface area (Å²) in [5.41, 5.74) is 0.903. The number of rotatable bonds is 5. The van der Waals surface area contributed by atoms with E-state index in [4.69, 9.17) is 0 Å². The maximum Gasteiger partial charge on any atom is 0.215 e. The number of aryl methyl sites for hydroxylation is 1. The van der Waals surface area contributed by atoms with Gasteiger partial charge in [-0.25, -0.2) is 4.39 Å². The molecule has 0 aliphatic rings. The zero-order valence-corrected chi connectivity index (χ0v) is 13.8. The van der Waals surface area contributed by atoms with Gasteiger partial charge in [-0.15, -0.1) is 0 Å². The third-order valence-electron chi connectivity index (χ3n) is 3.21. The number of hydrogen-bond acceptors (Lipinski definition) is 3. The Labute approximate surface area is 131 Å². The highest BCUT2D eigenvalue weighted by atomic mass is 79.9. The van der Waals surface area contributed by atoms with E-state index in [1.165, 1.54) is 6.07 Å². The van der Waals surface area contributed by atoms with Crippen LogP contribution < -0.4 is 0 Å². The Morgan fingerprint density at radius 3 is 2.81 bits per heavy atom. The van der Waals surface area contributed by atoms with Crippen LogP contribution in [0, 0.1) is 12.7 Å². The molecule has 6 heteroatoms. The van der Waals surface area contributed by atoms with Gasteiger partial charge in [0.05, 0.1) is 22.8 Å². The van der Waals surface area contributed by atoms with Crippen molar-refractivity contribution in [2.75, 3.05) is 20.6 Å². The number of carbonyl (C=O) groups excluding carboxylic acids is 1. The summed E-state index contributed by atoms with van der Waals surface area (Å²) < 4.78 is 16.3. The SMILES string of the molecule is Cc1cccc(C(=O)c2c(Br)cnn2CCN(C)C)c1F. The molecule has 4 nitrogen and oxygen atoms in total. The molecule has 0 saturated carbocycles. The van der Waals surface area contributed by atoms with Crippen molar-refractivity contribution in [1.82, 2.24) is 14.7 Å². The number of hydrogen-bond donors (Lipinski definition) is 0. The van der Waals surface area contributed by atoms with E-state index in [0.29, 0.717) is 22.3 Å². The van der Waals surface area contributed by atoms with Gasteiger partial charge in [-0.3, -0.25) is 9.48 Å². The lowest BCUT2D eigenvalue weighted by Gasteiger charge is -2.12. The Bertz CT molecular complexity index is 667. The molecule has 0 amide bonds. The molecule has 2 rings (SSSR count). The van der Waals surface area contributed by atoms with Gasteiger partial charge in [0, 0.05) is 6.54 Å². The highest BCUT2D eigenvalue weighted by Gasteiger charge is 2.22. The number of benzene rings is 1. The number of carbonyl (C=O) groups is 1. The average molecular weight is 354 g/mol. The molecular formula is C15H17BrFN3O. The molecule has 0 N–H and O–H groups in total. The van der Waals surface area contributed by atoms with Crippen LogP contribution in [0.4, 0.5) is 4.39 Å². The summed E-state index contributed by atoms with van der Waals surface area (Å²) in [6.45, 7) is 2.95. The predicted molar refractivity (Wildman–Crippen MR) is 83.1 cm³/mol. The molecule has 1 aromatic carbocycles. The lowest BCUT2D eigenvalue weighted by Crippen LogP contribution is -2.22. The molecule has 0 unspecified atom stereocenters. The Kier molecular flexibility index (Phi) is 4.90. The summed E-state index contributed by atoms with van der Waals surface area (Å²) >= 11 is 3.32. The fraction of sp³-hybridized carbons (Fsp3) is 0.333. The minimum Gasteiger partial charge on any atom is -0.308 e. The maximum atomic E-state index is 14.1. The zero-order valence-electron chi connectivity index (χ0n) is 12.2. The second-order valence-electron chi connectivity index (χ2n) is 5.13. The van der Waals surface area contributed by atoms with Crippen molar-refractivity contribution in [3.8, 4) is 0 Å². The normalized spacial score (nSPS) is 11.1. The molecular weight excluding hydrogens is 337 g/mol. The van der Waals surface area contributed by atoms with Gasteiger partial charge < -0.3 is 4.90 Å². The highest BCUT2D eigenvalue weighted by Crippen LogP contribution is 2.22. The largest absolute Gasteiger partial charge is 0.308 e. The Morgan fingerprint density at radius 1 is 1.43 bits per heavy atom. The van der Waals surface area contributed by atoms with Crippen LogP contribution in [0.25, 0.3) is 0 Å². The first kappa shape index (κ1) is 15.9. The van der Waals surface area contributed by atoms with Crippen molar-refractivity contribution in [1.29, 1.82) is 0 Å². The molecule has 0 aliphatic heterocycles. The first-order valence-electron chi connectivity index (χ1n) is 6.57. The molecule has 1 aromatic heterocycles. The van der Waals surface area contributed by atoms with Gasteiger partial charge in [-0.1, -0.05) is 12.1 Å². The van der Waals surface area contributed by atoms with Crippen LogP contribution in [-0.4, -0.2) is 41.1 Å². The van der Waals surface area contributed by atoms with Crippen LogP contribution in [0.3, 0.4) is 0 Å². The Hall–Kier alpha value is -1.53. The predicted octanol–water partition coefficient (Wildman–Crippen LogP) is 2.89. The second-order valence-corrected chi connectivity index (χ2v) is 5.99. The number of halogens is 2. The van der Waals surface area contributed by atoms with Gasteiger partial charge in [-0.2, -0.15) is 5.10 Å². The fourth-order valence-electron chi connectivity index (χ4n) is 2.00. The summed E-state index contributed by atoms with van der Waals surface area (Å²) in [7, 11) is 3.89. The number of aromatic nitrogens is 2. The summed E-state index contributed by atoms with van der Waals surface area (Å²) in [4.78, 5) is 14.6. The molecule has 1 heterocycles. The molecule has 2 aromatic rings. The van der Waals surface area contributed by atoms with Crippen LogP contribution in [0.5, 0.6) is 0 Å².